The molecule has 0 unspecified atom stereocenters. The number of rotatable bonds is 5. The van der Waals surface area contributed by atoms with Gasteiger partial charge < -0.3 is 5.32 Å². The Balaban J connectivity index is 2.35. The number of nitrogens with one attached hydrogen (secondary N) is 1. The topological polar surface area (TPSA) is 49.4 Å². The number of anilines is 1. The van der Waals surface area contributed by atoms with Crippen LogP contribution in [-0.2, 0) is 16.4 Å². The van der Waals surface area contributed by atoms with Crippen LogP contribution in [-0.4, -0.2) is 32.4 Å². The Morgan fingerprint density at radius 2 is 2.21 bits per heavy atom. The summed E-state index contributed by atoms with van der Waals surface area (Å²) in [5, 5.41) is 3.23. The summed E-state index contributed by atoms with van der Waals surface area (Å²) < 4.78 is 26.6. The molecule has 0 saturated carbocycles. The van der Waals surface area contributed by atoms with Crippen molar-refractivity contribution in [3.8, 4) is 0 Å². The number of nitrogens with zero attached hydrogens (tertiary/aromatic N) is 1. The zero-order valence-corrected chi connectivity index (χ0v) is 12.3. The zero-order chi connectivity index (χ0) is 14.0. The summed E-state index contributed by atoms with van der Waals surface area (Å²) in [5.41, 5.74) is 2.96. The highest BCUT2D eigenvalue weighted by Gasteiger charge is 2.24. The molecule has 0 aromatic heterocycles. The molecule has 0 bridgehead atoms. The van der Waals surface area contributed by atoms with Gasteiger partial charge in [0, 0.05) is 25.3 Å². The summed E-state index contributed by atoms with van der Waals surface area (Å²) in [6.45, 7) is 9.17. The van der Waals surface area contributed by atoms with Crippen molar-refractivity contribution in [2.24, 2.45) is 0 Å². The molecule has 5 heteroatoms. The Morgan fingerprint density at radius 3 is 2.84 bits per heavy atom. The molecule has 0 saturated heterocycles. The predicted octanol–water partition coefficient (Wildman–Crippen LogP) is 2.24. The molecule has 4 nitrogen and oxygen atoms in total. The van der Waals surface area contributed by atoms with Gasteiger partial charge in [-0.15, -0.1) is 0 Å². The van der Waals surface area contributed by atoms with Crippen molar-refractivity contribution in [1.29, 1.82) is 0 Å². The maximum Gasteiger partial charge on any atom is 0.243 e. The normalized spacial score (nSPS) is 14.3. The monoisotopic (exact) mass is 280 g/mol. The fourth-order valence-electron chi connectivity index (χ4n) is 2.26. The molecular weight excluding hydrogens is 260 g/mol. The third-order valence-corrected chi connectivity index (χ3v) is 5.14. The first-order valence-corrected chi connectivity index (χ1v) is 7.90. The van der Waals surface area contributed by atoms with E-state index in [2.05, 4.69) is 11.9 Å². The molecule has 0 aliphatic carbocycles. The molecule has 0 atom stereocenters. The van der Waals surface area contributed by atoms with Gasteiger partial charge in [-0.05, 0) is 37.1 Å². The molecule has 104 valence electrons. The summed E-state index contributed by atoms with van der Waals surface area (Å²) in [6.07, 6.45) is 0.880. The van der Waals surface area contributed by atoms with Crippen LogP contribution in [0.15, 0.2) is 35.2 Å². The van der Waals surface area contributed by atoms with E-state index in [1.165, 1.54) is 4.31 Å². The number of benzene rings is 1. The van der Waals surface area contributed by atoms with E-state index in [4.69, 9.17) is 0 Å². The molecule has 1 N–H and O–H groups in total. The van der Waals surface area contributed by atoms with Crippen LogP contribution in [0.25, 0.3) is 0 Å². The largest absolute Gasteiger partial charge is 0.384 e. The van der Waals surface area contributed by atoms with Gasteiger partial charge in [-0.3, -0.25) is 0 Å². The number of sulfonamides is 1. The second-order valence-electron chi connectivity index (χ2n) is 4.88. The maximum absolute atomic E-state index is 12.6. The quantitative estimate of drug-likeness (QED) is 0.842. The van der Waals surface area contributed by atoms with Gasteiger partial charge in [-0.2, -0.15) is 4.31 Å². The summed E-state index contributed by atoms with van der Waals surface area (Å²) in [6, 6.07) is 5.31. The van der Waals surface area contributed by atoms with E-state index in [9.17, 15) is 8.42 Å². The SMILES string of the molecule is C=C(C)CN(CC)S(=O)(=O)c1ccc2c(c1)CCN2. The lowest BCUT2D eigenvalue weighted by Gasteiger charge is -2.21. The molecule has 0 radical (unpaired) electrons. The Hall–Kier alpha value is -1.33. The second-order valence-corrected chi connectivity index (χ2v) is 6.82. The first-order chi connectivity index (χ1) is 8.95. The van der Waals surface area contributed by atoms with Gasteiger partial charge in [0.15, 0.2) is 0 Å². The fraction of sp³-hybridized carbons (Fsp3) is 0.429. The van der Waals surface area contributed by atoms with E-state index in [-0.39, 0.29) is 0 Å². The third-order valence-electron chi connectivity index (χ3n) is 3.22. The van der Waals surface area contributed by atoms with Crippen molar-refractivity contribution >= 4 is 15.7 Å². The molecule has 0 fully saturated rings. The highest BCUT2D eigenvalue weighted by atomic mass is 32.2. The van der Waals surface area contributed by atoms with Gasteiger partial charge in [0.05, 0.1) is 4.90 Å². The predicted molar refractivity (Wildman–Crippen MR) is 77.9 cm³/mol. The minimum absolute atomic E-state index is 0.369. The van der Waals surface area contributed by atoms with E-state index < -0.39 is 10.0 Å². The van der Waals surface area contributed by atoms with Crippen molar-refractivity contribution in [3.05, 3.63) is 35.9 Å². The Bertz CT molecular complexity index is 593. The molecule has 2 rings (SSSR count). The number of hydrogen-bond donors (Lipinski definition) is 1. The lowest BCUT2D eigenvalue weighted by atomic mass is 10.2. The molecule has 1 aliphatic rings. The summed E-state index contributed by atoms with van der Waals surface area (Å²) >= 11 is 0. The van der Waals surface area contributed by atoms with E-state index >= 15 is 0 Å². The molecular formula is C14H20N2O2S. The molecule has 1 aromatic carbocycles. The number of likely N-dealkylation sites (N-methyl/N-ethyl adjacent to an activating group) is 1. The van der Waals surface area contributed by atoms with Crippen LogP contribution in [0.4, 0.5) is 5.69 Å². The van der Waals surface area contributed by atoms with Gasteiger partial charge in [-0.1, -0.05) is 19.1 Å². The molecule has 0 spiro atoms. The molecule has 1 heterocycles. The minimum Gasteiger partial charge on any atom is -0.384 e. The summed E-state index contributed by atoms with van der Waals surface area (Å²) in [7, 11) is -3.42. The van der Waals surface area contributed by atoms with E-state index in [1.807, 2.05) is 19.9 Å². The van der Waals surface area contributed by atoms with Crippen molar-refractivity contribution in [3.63, 3.8) is 0 Å². The lowest BCUT2D eigenvalue weighted by Crippen LogP contribution is -2.32. The summed E-state index contributed by atoms with van der Waals surface area (Å²) in [4.78, 5) is 0.373. The highest BCUT2D eigenvalue weighted by Crippen LogP contribution is 2.26. The van der Waals surface area contributed by atoms with Gasteiger partial charge >= 0.3 is 0 Å². The van der Waals surface area contributed by atoms with Gasteiger partial charge in [0.25, 0.3) is 0 Å². The highest BCUT2D eigenvalue weighted by molar-refractivity contribution is 7.89. The van der Waals surface area contributed by atoms with Crippen LogP contribution >= 0.6 is 0 Å². The smallest absolute Gasteiger partial charge is 0.243 e. The number of fused-ring (bicyclic) bond motifs is 1. The van der Waals surface area contributed by atoms with Crippen molar-refractivity contribution in [2.75, 3.05) is 25.0 Å². The van der Waals surface area contributed by atoms with Crippen LogP contribution in [0.3, 0.4) is 0 Å². The van der Waals surface area contributed by atoms with Gasteiger partial charge in [0.2, 0.25) is 10.0 Å². The first kappa shape index (κ1) is 14.1. The van der Waals surface area contributed by atoms with Crippen molar-refractivity contribution in [2.45, 2.75) is 25.2 Å². The molecule has 0 amide bonds. The first-order valence-electron chi connectivity index (χ1n) is 6.46. The van der Waals surface area contributed by atoms with Crippen molar-refractivity contribution in [1.82, 2.24) is 4.31 Å². The average Bonchev–Trinajstić information content (AvgIpc) is 2.82. The van der Waals surface area contributed by atoms with E-state index in [1.54, 1.807) is 12.1 Å². The van der Waals surface area contributed by atoms with Gasteiger partial charge in [0.1, 0.15) is 0 Å². The Morgan fingerprint density at radius 1 is 1.47 bits per heavy atom. The minimum atomic E-state index is -3.42. The third kappa shape index (κ3) is 2.82. The van der Waals surface area contributed by atoms with E-state index in [0.717, 1.165) is 29.8 Å². The molecule has 1 aromatic rings. The zero-order valence-electron chi connectivity index (χ0n) is 11.4. The summed E-state index contributed by atoms with van der Waals surface area (Å²) in [5.74, 6) is 0. The molecule has 19 heavy (non-hydrogen) atoms. The lowest BCUT2D eigenvalue weighted by molar-refractivity contribution is 0.453. The Labute approximate surface area is 115 Å². The Kier molecular flexibility index (Phi) is 3.96. The van der Waals surface area contributed by atoms with Crippen LogP contribution in [0, 0.1) is 0 Å². The maximum atomic E-state index is 12.6. The van der Waals surface area contributed by atoms with Crippen LogP contribution in [0.5, 0.6) is 0 Å². The van der Waals surface area contributed by atoms with E-state index in [0.29, 0.717) is 18.0 Å². The molecule has 1 aliphatic heterocycles. The standard InChI is InChI=1S/C14H20N2O2S/c1-4-16(10-11(2)3)19(17,18)13-5-6-14-12(9-13)7-8-15-14/h5-6,9,15H,2,4,7-8,10H2,1,3H3. The van der Waals surface area contributed by atoms with Crippen molar-refractivity contribution < 1.29 is 8.42 Å². The van der Waals surface area contributed by atoms with Gasteiger partial charge in [-0.25, -0.2) is 8.42 Å². The van der Waals surface area contributed by atoms with Crippen LogP contribution in [0.1, 0.15) is 19.4 Å². The fourth-order valence-corrected chi connectivity index (χ4v) is 3.82. The second kappa shape index (κ2) is 5.35. The van der Waals surface area contributed by atoms with Crippen LogP contribution < -0.4 is 5.32 Å². The average molecular weight is 280 g/mol. The number of hydrogen-bond acceptors (Lipinski definition) is 3. The van der Waals surface area contributed by atoms with Crippen LogP contribution in [0.2, 0.25) is 0 Å².